The number of carboxylic acids is 4. The number of nitrogens with one attached hydrogen (secondary N) is 12. The fourth-order valence-corrected chi connectivity index (χ4v) is 13.8. The summed E-state index contributed by atoms with van der Waals surface area (Å²) in [5, 5.41) is 83.9. The van der Waals surface area contributed by atoms with E-state index in [9.17, 15) is 112 Å². The number of hydrogen-bond acceptors (Lipinski definition) is 21. The average molecular weight is 1680 g/mol. The lowest BCUT2D eigenvalue weighted by atomic mass is 9.96. The Morgan fingerprint density at radius 3 is 1.47 bits per heavy atom. The van der Waals surface area contributed by atoms with Gasteiger partial charge in [-0.1, -0.05) is 119 Å². The first-order valence-electron chi connectivity index (χ1n) is 40.1. The monoisotopic (exact) mass is 1680 g/mol. The van der Waals surface area contributed by atoms with Crippen molar-refractivity contribution in [2.75, 3.05) is 45.9 Å². The van der Waals surface area contributed by atoms with Crippen molar-refractivity contribution in [3.63, 3.8) is 0 Å². The van der Waals surface area contributed by atoms with Gasteiger partial charge in [0.2, 0.25) is 76.8 Å². The highest BCUT2D eigenvalue weighted by Crippen LogP contribution is 2.26. The van der Waals surface area contributed by atoms with Gasteiger partial charge in [0.05, 0.1) is 31.5 Å². The number of ketones is 1. The molecular weight excluding hydrogens is 1570 g/mol. The normalized spacial score (nSPS) is 17.6. The summed E-state index contributed by atoms with van der Waals surface area (Å²) in [6, 6.07) is 0.816. The Labute approximate surface area is 693 Å². The number of nitrogens with two attached hydrogens (primary N) is 2. The molecule has 40 heteroatoms. The number of aliphatic hydroxyl groups is 1. The maximum absolute atomic E-state index is 14.6. The lowest BCUT2D eigenvalue weighted by Gasteiger charge is -2.34. The summed E-state index contributed by atoms with van der Waals surface area (Å²) in [5.74, 6) is -18.0. The number of aliphatic carboxylic acids is 4. The second kappa shape index (κ2) is 50.5. The Morgan fingerprint density at radius 2 is 0.958 bits per heavy atom. The molecule has 658 valence electrons. The number of rotatable bonds is 51. The largest absolute Gasteiger partial charge is 0.481 e. The minimum atomic E-state index is -1.82. The van der Waals surface area contributed by atoms with E-state index >= 15 is 0 Å². The summed E-state index contributed by atoms with van der Waals surface area (Å²) in [6.45, 7) is 6.16. The highest BCUT2D eigenvalue weighted by atomic mass is 16.4. The Kier molecular flexibility index (Phi) is 41.4. The van der Waals surface area contributed by atoms with Crippen LogP contribution in [0.15, 0.2) is 85.0 Å². The molecule has 120 heavy (non-hydrogen) atoms. The predicted octanol–water partition coefficient (Wildman–Crippen LogP) is -2.63. The molecule has 3 fully saturated rings. The lowest BCUT2D eigenvalue weighted by molar-refractivity contribution is -0.146. The highest BCUT2D eigenvalue weighted by molar-refractivity contribution is 6.00. The Morgan fingerprint density at radius 1 is 0.483 bits per heavy atom. The van der Waals surface area contributed by atoms with Crippen LogP contribution in [0.2, 0.25) is 0 Å². The zero-order chi connectivity index (χ0) is 88.7. The average Bonchev–Trinajstić information content (AvgIpc) is 1.59. The molecule has 13 atom stereocenters. The van der Waals surface area contributed by atoms with Crippen LogP contribution in [0, 0.1) is 17.2 Å². The molecule has 3 heterocycles. The van der Waals surface area contributed by atoms with Gasteiger partial charge < -0.3 is 110 Å². The summed E-state index contributed by atoms with van der Waals surface area (Å²) < 4.78 is 0. The van der Waals surface area contributed by atoms with E-state index in [0.717, 1.165) is 10.5 Å². The smallest absolute Gasteiger partial charge is 0.326 e. The number of aliphatic hydroxyl groups excluding tert-OH is 1. The van der Waals surface area contributed by atoms with Crippen molar-refractivity contribution < 1.29 is 112 Å². The third-order valence-corrected chi connectivity index (χ3v) is 20.3. The number of carbonyl (C=O) groups is 18. The molecule has 0 radical (unpaired) electrons. The van der Waals surface area contributed by atoms with Gasteiger partial charge in [-0.05, 0) is 93.6 Å². The summed E-state index contributed by atoms with van der Waals surface area (Å²) in [4.78, 5) is 244. The Balaban J connectivity index is 1.11. The summed E-state index contributed by atoms with van der Waals surface area (Å²) in [6.07, 6.45) is 2.79. The van der Waals surface area contributed by atoms with Crippen molar-refractivity contribution in [2.24, 2.45) is 23.3 Å². The molecule has 5 rings (SSSR count). The number of carboxylic acid groups (broad SMARTS) is 4. The van der Waals surface area contributed by atoms with E-state index in [1.165, 1.54) is 34.1 Å². The molecule has 0 aliphatic carbocycles. The van der Waals surface area contributed by atoms with E-state index < -0.39 is 236 Å². The molecule has 0 saturated carbocycles. The first kappa shape index (κ1) is 98.3. The number of hydrogen-bond donors (Lipinski definition) is 19. The van der Waals surface area contributed by atoms with Gasteiger partial charge >= 0.3 is 23.9 Å². The third kappa shape index (κ3) is 33.3. The number of guanidine groups is 1. The summed E-state index contributed by atoms with van der Waals surface area (Å²) >= 11 is 0. The first-order chi connectivity index (χ1) is 57.0. The van der Waals surface area contributed by atoms with E-state index in [-0.39, 0.29) is 115 Å². The van der Waals surface area contributed by atoms with E-state index in [1.807, 2.05) is 18.2 Å². The fourth-order valence-electron chi connectivity index (χ4n) is 13.8. The molecule has 0 spiro atoms. The molecule has 3 aliphatic heterocycles. The second-order valence-corrected chi connectivity index (χ2v) is 30.1. The Hall–Kier alpha value is -12.2. The van der Waals surface area contributed by atoms with Crippen molar-refractivity contribution in [2.45, 2.75) is 229 Å². The SMILES string of the molecule is CC[C@H](C)[C@H](NC(=O)[C@@H]1CCCN1C(=O)[C@H](CCC(=O)O)NC(=O)[C@H](Cc1ccccc1)NC(=O)[C@H](CC(=O)O)NC(=O)C/C=C/CNC(=O)C/C=C/CNC(=O)[C@H](CO)NC(=O)[C@H](CC(=O)O)NC(=O)CCC(=O)[C@H](CCCNC(=N)N)NC(=O)[C@@H]1CCCN1C(=O)[C@H](N)Cc1ccccc1)C(=O)N1CCC[C@H]1C(=O)N[C@@H](CC(C)C)C(=O)O. The van der Waals surface area contributed by atoms with Gasteiger partial charge in [0.1, 0.15) is 60.4 Å². The molecule has 2 aromatic rings. The number of amides is 13. The van der Waals surface area contributed by atoms with Gasteiger partial charge in [0.15, 0.2) is 11.7 Å². The molecule has 0 unspecified atom stereocenters. The van der Waals surface area contributed by atoms with Crippen LogP contribution >= 0.6 is 0 Å². The van der Waals surface area contributed by atoms with Crippen molar-refractivity contribution >= 4 is 112 Å². The first-order valence-corrected chi connectivity index (χ1v) is 40.1. The summed E-state index contributed by atoms with van der Waals surface area (Å²) in [7, 11) is 0. The Bertz CT molecular complexity index is 4000. The van der Waals surface area contributed by atoms with Crippen LogP contribution in [-0.4, -0.2) is 271 Å². The number of Topliss-reactive ketones (excluding diaryl/α,β-unsaturated/α-hetero) is 1. The van der Waals surface area contributed by atoms with Crippen LogP contribution in [0.25, 0.3) is 0 Å². The summed E-state index contributed by atoms with van der Waals surface area (Å²) in [5.41, 5.74) is 13.0. The quantitative estimate of drug-likeness (QED) is 0.0139. The topological polar surface area (TPSA) is 626 Å². The molecule has 40 nitrogen and oxygen atoms in total. The molecule has 21 N–H and O–H groups in total. The van der Waals surface area contributed by atoms with Crippen LogP contribution in [0.1, 0.15) is 154 Å². The minimum Gasteiger partial charge on any atom is -0.481 e. The van der Waals surface area contributed by atoms with Crippen LogP contribution in [0.4, 0.5) is 0 Å². The van der Waals surface area contributed by atoms with E-state index in [0.29, 0.717) is 24.8 Å². The molecule has 13 amide bonds. The lowest BCUT2D eigenvalue weighted by Crippen LogP contribution is -2.60. The maximum Gasteiger partial charge on any atom is 0.326 e. The predicted molar refractivity (Wildman–Crippen MR) is 430 cm³/mol. The van der Waals surface area contributed by atoms with Crippen LogP contribution in [0.3, 0.4) is 0 Å². The molecule has 3 saturated heterocycles. The minimum absolute atomic E-state index is 0.0107. The second-order valence-electron chi connectivity index (χ2n) is 30.1. The van der Waals surface area contributed by atoms with Crippen molar-refractivity contribution in [1.29, 1.82) is 5.41 Å². The fraction of sp³-hybridized carbons (Fsp3) is 0.562. The van der Waals surface area contributed by atoms with Gasteiger partial charge in [-0.3, -0.25) is 86.9 Å². The van der Waals surface area contributed by atoms with E-state index in [2.05, 4.69) is 58.5 Å². The maximum atomic E-state index is 14.6. The van der Waals surface area contributed by atoms with Crippen LogP contribution in [-0.2, 0) is 99.1 Å². The van der Waals surface area contributed by atoms with Gasteiger partial charge in [-0.25, -0.2) is 4.79 Å². The van der Waals surface area contributed by atoms with E-state index in [1.54, 1.807) is 70.2 Å². The molecule has 0 aromatic heterocycles. The molecule has 3 aliphatic rings. The van der Waals surface area contributed by atoms with Crippen molar-refractivity contribution in [3.8, 4) is 0 Å². The number of nitrogens with zero attached hydrogens (tertiary/aromatic N) is 3. The number of benzene rings is 2. The van der Waals surface area contributed by atoms with E-state index in [4.69, 9.17) is 16.9 Å². The van der Waals surface area contributed by atoms with Crippen LogP contribution < -0.4 is 70.0 Å². The van der Waals surface area contributed by atoms with Crippen molar-refractivity contribution in [3.05, 3.63) is 96.1 Å². The van der Waals surface area contributed by atoms with Gasteiger partial charge in [-0.15, -0.1) is 0 Å². The van der Waals surface area contributed by atoms with Gasteiger partial charge in [0, 0.05) is 77.8 Å². The van der Waals surface area contributed by atoms with Gasteiger partial charge in [0.25, 0.3) is 0 Å². The van der Waals surface area contributed by atoms with Gasteiger partial charge in [-0.2, -0.15) is 0 Å². The molecule has 0 bridgehead atoms. The molecular formula is C80H115N17O23. The zero-order valence-electron chi connectivity index (χ0n) is 67.8. The van der Waals surface area contributed by atoms with Crippen molar-refractivity contribution in [1.82, 2.24) is 73.2 Å². The molecule has 2 aromatic carbocycles. The number of carbonyl (C=O) groups excluding carboxylic acids is 14. The third-order valence-electron chi connectivity index (χ3n) is 20.3. The highest BCUT2D eigenvalue weighted by Gasteiger charge is 2.45. The number of likely N-dealkylation sites (tertiary alicyclic amines) is 3. The zero-order valence-corrected chi connectivity index (χ0v) is 67.8. The van der Waals surface area contributed by atoms with Crippen LogP contribution in [0.5, 0.6) is 0 Å². The standard InChI is InChI=1S/C80H115N17O23/c1-5-47(4)68(78(118)97-39-19-26-59(97)74(114)92-56(79(119)120)40-46(2)3)94-75(115)60-27-18-38-96(60)77(117)52(30-33-65(103)104)90-70(110)53(42-49-22-10-7-11-23-49)91-71(111)54(43-66(105)106)87-63(101)29-13-14-34-84-62(100)28-12-15-35-85-69(109)57(45-98)93-72(112)55(44-67(107)108)88-64(102)32-31-61(99)51(24-16-36-86-80(82)83)89-73(113)58-25-17-37-95(58)76(116)50(81)41-48-20-8-6-9-21-48/h6-15,20-23,46-47,50-60,68,98H,5,16-19,24-45,81H2,1-4H3,(H,84,100)(H,85,109)(H,87,101)(H,88,102)(H,89,113)(H,90,110)(H,91,111)(H,92,114)(H,93,112)(H,94,115)(H,103,104)(H,105,106)(H,107,108)(H,119,120)(H4,82,83,86)/b14-13+,15-12+/t47-,50+,51-,52-,53-,54-,55-,56-,57-,58-,59-,60-,68-/m0/s1.